The number of nitrogens with zero attached hydrogens (tertiary/aromatic N) is 2. The Bertz CT molecular complexity index is 507. The summed E-state index contributed by atoms with van der Waals surface area (Å²) in [5.74, 6) is 1.36. The van der Waals surface area contributed by atoms with Gasteiger partial charge in [0.2, 0.25) is 11.7 Å². The fraction of sp³-hybridized carbons (Fsp3) is 0.385. The molecule has 1 heterocycles. The van der Waals surface area contributed by atoms with Crippen LogP contribution in [-0.2, 0) is 0 Å². The molecule has 0 saturated carbocycles. The Hall–Kier alpha value is -1.33. The van der Waals surface area contributed by atoms with Crippen LogP contribution in [0.5, 0.6) is 0 Å². The van der Waals surface area contributed by atoms with Gasteiger partial charge in [0.25, 0.3) is 0 Å². The maximum Gasteiger partial charge on any atom is 0.244 e. The summed E-state index contributed by atoms with van der Waals surface area (Å²) in [5.41, 5.74) is 6.92. The molecule has 96 valence electrons. The number of benzene rings is 1. The van der Waals surface area contributed by atoms with E-state index in [0.29, 0.717) is 11.7 Å². The third kappa shape index (κ3) is 2.73. The Morgan fingerprint density at radius 1 is 1.22 bits per heavy atom. The first-order valence-electron chi connectivity index (χ1n) is 5.85. The molecule has 1 aromatic carbocycles. The van der Waals surface area contributed by atoms with E-state index in [1.165, 1.54) is 4.90 Å². The number of hydrogen-bond donors (Lipinski definition) is 1. The van der Waals surface area contributed by atoms with Crippen molar-refractivity contribution in [2.24, 2.45) is 11.7 Å². The molecule has 5 heteroatoms. The van der Waals surface area contributed by atoms with Crippen LogP contribution in [0.2, 0.25) is 0 Å². The highest BCUT2D eigenvalue weighted by Crippen LogP contribution is 2.23. The third-order valence-electron chi connectivity index (χ3n) is 2.79. The highest BCUT2D eigenvalue weighted by atomic mass is 32.2. The lowest BCUT2D eigenvalue weighted by atomic mass is 10.1. The van der Waals surface area contributed by atoms with Crippen molar-refractivity contribution < 1.29 is 4.52 Å². The van der Waals surface area contributed by atoms with Crippen LogP contribution in [0.3, 0.4) is 0 Å². The summed E-state index contributed by atoms with van der Waals surface area (Å²) < 4.78 is 5.21. The molecule has 4 nitrogen and oxygen atoms in total. The molecule has 2 aromatic rings. The maximum atomic E-state index is 5.98. The minimum absolute atomic E-state index is 0.211. The van der Waals surface area contributed by atoms with E-state index in [9.17, 15) is 0 Å². The number of hydrogen-bond acceptors (Lipinski definition) is 5. The van der Waals surface area contributed by atoms with Gasteiger partial charge in [0.05, 0.1) is 6.04 Å². The third-order valence-corrected chi connectivity index (χ3v) is 3.54. The molecule has 2 N–H and O–H groups in total. The predicted octanol–water partition coefficient (Wildman–Crippen LogP) is 3.11. The lowest BCUT2D eigenvalue weighted by molar-refractivity contribution is 0.325. The zero-order valence-electron chi connectivity index (χ0n) is 10.8. The molecule has 0 bridgehead atoms. The van der Waals surface area contributed by atoms with Crippen LogP contribution in [0, 0.1) is 5.92 Å². The van der Waals surface area contributed by atoms with Crippen molar-refractivity contribution in [1.82, 2.24) is 10.1 Å². The molecule has 0 saturated heterocycles. The van der Waals surface area contributed by atoms with Crippen LogP contribution in [0.4, 0.5) is 0 Å². The molecule has 0 aliphatic carbocycles. The van der Waals surface area contributed by atoms with Crippen LogP contribution < -0.4 is 5.73 Å². The van der Waals surface area contributed by atoms with E-state index in [-0.39, 0.29) is 12.0 Å². The van der Waals surface area contributed by atoms with Gasteiger partial charge in [-0.3, -0.25) is 0 Å². The molecule has 18 heavy (non-hydrogen) atoms. The fourth-order valence-electron chi connectivity index (χ4n) is 1.51. The highest BCUT2D eigenvalue weighted by Gasteiger charge is 2.18. The van der Waals surface area contributed by atoms with Crippen LogP contribution in [0.1, 0.15) is 25.8 Å². The van der Waals surface area contributed by atoms with Gasteiger partial charge in [-0.05, 0) is 36.4 Å². The standard InChI is InChI=1S/C13H17N3OS/c1-8(2)11(14)13-15-12(16-17-13)9-4-6-10(18-3)7-5-9/h4-8,11H,14H2,1-3H3/t11-/m0/s1. The van der Waals surface area contributed by atoms with Crippen molar-refractivity contribution >= 4 is 11.8 Å². The minimum atomic E-state index is -0.211. The number of thioether (sulfide) groups is 1. The van der Waals surface area contributed by atoms with Gasteiger partial charge in [0.1, 0.15) is 0 Å². The highest BCUT2D eigenvalue weighted by molar-refractivity contribution is 7.98. The van der Waals surface area contributed by atoms with E-state index in [1.54, 1.807) is 11.8 Å². The average Bonchev–Trinajstić information content (AvgIpc) is 2.87. The van der Waals surface area contributed by atoms with Crippen LogP contribution in [0.15, 0.2) is 33.7 Å². The summed E-state index contributed by atoms with van der Waals surface area (Å²) in [4.78, 5) is 5.56. The van der Waals surface area contributed by atoms with Gasteiger partial charge in [-0.1, -0.05) is 19.0 Å². The van der Waals surface area contributed by atoms with Crippen molar-refractivity contribution in [2.45, 2.75) is 24.8 Å². The Morgan fingerprint density at radius 2 is 1.89 bits per heavy atom. The molecule has 1 aromatic heterocycles. The minimum Gasteiger partial charge on any atom is -0.337 e. The lowest BCUT2D eigenvalue weighted by Gasteiger charge is -2.09. The molecule has 0 aliphatic heterocycles. The summed E-state index contributed by atoms with van der Waals surface area (Å²) in [7, 11) is 0. The zero-order valence-corrected chi connectivity index (χ0v) is 11.6. The number of aromatic nitrogens is 2. The Balaban J connectivity index is 2.23. The second-order valence-corrected chi connectivity index (χ2v) is 5.33. The largest absolute Gasteiger partial charge is 0.337 e. The Kier molecular flexibility index (Phi) is 4.04. The average molecular weight is 263 g/mol. The van der Waals surface area contributed by atoms with E-state index < -0.39 is 0 Å². The van der Waals surface area contributed by atoms with Crippen molar-refractivity contribution in [3.63, 3.8) is 0 Å². The topological polar surface area (TPSA) is 64.9 Å². The molecule has 0 unspecified atom stereocenters. The molecule has 0 amide bonds. The predicted molar refractivity (Wildman–Crippen MR) is 73.3 cm³/mol. The Labute approximate surface area is 111 Å². The molecule has 0 radical (unpaired) electrons. The SMILES string of the molecule is CSc1ccc(-c2noc([C@@H](N)C(C)C)n2)cc1. The molecule has 0 fully saturated rings. The molecule has 0 spiro atoms. The second kappa shape index (κ2) is 5.54. The van der Waals surface area contributed by atoms with Crippen molar-refractivity contribution in [3.05, 3.63) is 30.2 Å². The molecule has 0 aliphatic rings. The lowest BCUT2D eigenvalue weighted by Crippen LogP contribution is -2.16. The smallest absolute Gasteiger partial charge is 0.244 e. The van der Waals surface area contributed by atoms with Crippen molar-refractivity contribution in [2.75, 3.05) is 6.26 Å². The maximum absolute atomic E-state index is 5.98. The second-order valence-electron chi connectivity index (χ2n) is 4.45. The molecule has 1 atom stereocenters. The van der Waals surface area contributed by atoms with Crippen molar-refractivity contribution in [1.29, 1.82) is 0 Å². The van der Waals surface area contributed by atoms with Gasteiger partial charge in [-0.25, -0.2) is 0 Å². The van der Waals surface area contributed by atoms with E-state index in [1.807, 2.05) is 44.4 Å². The summed E-state index contributed by atoms with van der Waals surface area (Å²) >= 11 is 1.70. The van der Waals surface area contributed by atoms with E-state index in [4.69, 9.17) is 10.3 Å². The van der Waals surface area contributed by atoms with Crippen LogP contribution in [0.25, 0.3) is 11.4 Å². The van der Waals surface area contributed by atoms with Crippen LogP contribution in [-0.4, -0.2) is 16.4 Å². The summed E-state index contributed by atoms with van der Waals surface area (Å²) in [6.45, 7) is 4.06. The Morgan fingerprint density at radius 3 is 2.44 bits per heavy atom. The fourth-order valence-corrected chi connectivity index (χ4v) is 1.92. The first kappa shape index (κ1) is 13.1. The van der Waals surface area contributed by atoms with Gasteiger partial charge in [0, 0.05) is 10.5 Å². The van der Waals surface area contributed by atoms with E-state index in [0.717, 1.165) is 5.56 Å². The van der Waals surface area contributed by atoms with E-state index in [2.05, 4.69) is 10.1 Å². The number of rotatable bonds is 4. The molecular formula is C13H17N3OS. The summed E-state index contributed by atoms with van der Waals surface area (Å²) in [6, 6.07) is 7.84. The van der Waals surface area contributed by atoms with Crippen molar-refractivity contribution in [3.8, 4) is 11.4 Å². The van der Waals surface area contributed by atoms with Gasteiger partial charge in [0.15, 0.2) is 0 Å². The quantitative estimate of drug-likeness (QED) is 0.859. The van der Waals surface area contributed by atoms with E-state index >= 15 is 0 Å². The molecular weight excluding hydrogens is 246 g/mol. The first-order valence-corrected chi connectivity index (χ1v) is 7.08. The van der Waals surface area contributed by atoms with Gasteiger partial charge in [-0.2, -0.15) is 4.98 Å². The van der Waals surface area contributed by atoms with Crippen LogP contribution >= 0.6 is 11.8 Å². The monoisotopic (exact) mass is 263 g/mol. The van der Waals surface area contributed by atoms with Gasteiger partial charge < -0.3 is 10.3 Å². The normalized spacial score (nSPS) is 12.9. The molecule has 2 rings (SSSR count). The number of nitrogens with two attached hydrogens (primary N) is 1. The first-order chi connectivity index (χ1) is 8.61. The zero-order chi connectivity index (χ0) is 13.1. The van der Waals surface area contributed by atoms with Gasteiger partial charge in [-0.15, -0.1) is 11.8 Å². The van der Waals surface area contributed by atoms with Gasteiger partial charge >= 0.3 is 0 Å². The summed E-state index contributed by atoms with van der Waals surface area (Å²) in [6.07, 6.45) is 2.04. The summed E-state index contributed by atoms with van der Waals surface area (Å²) in [5, 5.41) is 3.97.